The van der Waals surface area contributed by atoms with Gasteiger partial charge >= 0.3 is 12.2 Å². The zero-order valence-electron chi connectivity index (χ0n) is 13.3. The molecule has 30 heavy (non-hydrogen) atoms. The Labute approximate surface area is 155 Å². The van der Waals surface area contributed by atoms with E-state index in [2.05, 4.69) is 0 Å². The predicted molar refractivity (Wildman–Crippen MR) is 72.0 cm³/mol. The number of hydrogen-bond donors (Lipinski definition) is 0. The average molecular weight is 458 g/mol. The second-order valence-corrected chi connectivity index (χ2v) is 5.16. The minimum absolute atomic E-state index is 2.59. The molecular weight excluding hydrogens is 458 g/mol. The van der Waals surface area contributed by atoms with Crippen molar-refractivity contribution < 1.29 is 61.5 Å². The van der Waals surface area contributed by atoms with Crippen LogP contribution in [0, 0.1) is 46.5 Å². The van der Waals surface area contributed by atoms with Gasteiger partial charge < -0.3 is 0 Å². The van der Waals surface area contributed by atoms with Crippen LogP contribution in [0.3, 0.4) is 0 Å². The molecule has 0 atom stereocenters. The number of halogens is 14. The van der Waals surface area contributed by atoms with Gasteiger partial charge in [0.05, 0.1) is 22.3 Å². The largest absolute Gasteiger partial charge is 0.306 e. The first-order chi connectivity index (χ1) is 13.7. The quantitative estimate of drug-likeness (QED) is 0.330. The maximum Gasteiger partial charge on any atom is 0.306 e. The molecule has 0 fully saturated rings. The summed E-state index contributed by atoms with van der Waals surface area (Å²) in [6.45, 7) is 0. The summed E-state index contributed by atoms with van der Waals surface area (Å²) in [5, 5.41) is 0. The van der Waals surface area contributed by atoms with Crippen LogP contribution in [-0.2, 0) is 0 Å². The van der Waals surface area contributed by atoms with Crippen molar-refractivity contribution in [1.82, 2.24) is 0 Å². The van der Waals surface area contributed by atoms with E-state index >= 15 is 0 Å². The standard InChI is InChI=1S/C16F14/c17-5-1(6(18)10(22)3(9(5)21)13(25)15(27)28)2-7(19)11(23)4(12(24)8(2)20)14(26)16(29)30. The topological polar surface area (TPSA) is 0 Å². The molecule has 0 N–H and O–H groups in total. The van der Waals surface area contributed by atoms with E-state index in [9.17, 15) is 61.5 Å². The molecule has 0 amide bonds. The first kappa shape index (κ1) is 23.2. The number of benzene rings is 2. The Morgan fingerprint density at radius 2 is 0.533 bits per heavy atom. The fourth-order valence-corrected chi connectivity index (χ4v) is 2.28. The molecule has 0 saturated carbocycles. The van der Waals surface area contributed by atoms with Gasteiger partial charge in [-0.1, -0.05) is 0 Å². The molecule has 0 aliphatic carbocycles. The lowest BCUT2D eigenvalue weighted by molar-refractivity contribution is 0.399. The predicted octanol–water partition coefficient (Wildman–Crippen LogP) is 7.54. The van der Waals surface area contributed by atoms with Crippen molar-refractivity contribution in [2.24, 2.45) is 0 Å². The second kappa shape index (κ2) is 7.99. The van der Waals surface area contributed by atoms with E-state index in [1.54, 1.807) is 0 Å². The van der Waals surface area contributed by atoms with Gasteiger partial charge in [0, 0.05) is 0 Å². The molecule has 0 unspecified atom stereocenters. The average Bonchev–Trinajstić information content (AvgIpc) is 2.67. The molecule has 0 nitrogen and oxygen atoms in total. The first-order valence-corrected chi connectivity index (χ1v) is 6.90. The Balaban J connectivity index is 3.05. The number of hydrogen-bond acceptors (Lipinski definition) is 0. The van der Waals surface area contributed by atoms with Crippen molar-refractivity contribution in [2.45, 2.75) is 0 Å². The van der Waals surface area contributed by atoms with Crippen molar-refractivity contribution >= 4 is 11.7 Å². The fourth-order valence-electron chi connectivity index (χ4n) is 2.28. The molecule has 0 radical (unpaired) electrons. The highest BCUT2D eigenvalue weighted by atomic mass is 19.3. The van der Waals surface area contributed by atoms with Gasteiger partial charge in [-0.05, 0) is 0 Å². The van der Waals surface area contributed by atoms with Gasteiger partial charge in [-0.3, -0.25) is 0 Å². The minimum atomic E-state index is -3.46. The van der Waals surface area contributed by atoms with Crippen LogP contribution in [0.1, 0.15) is 11.1 Å². The molecule has 0 spiro atoms. The van der Waals surface area contributed by atoms with Crippen LogP contribution in [-0.4, -0.2) is 0 Å². The maximum absolute atomic E-state index is 14.0. The monoisotopic (exact) mass is 458 g/mol. The third-order valence-corrected chi connectivity index (χ3v) is 3.55. The van der Waals surface area contributed by atoms with E-state index in [1.165, 1.54) is 0 Å². The van der Waals surface area contributed by atoms with Crippen LogP contribution >= 0.6 is 0 Å². The fraction of sp³-hybridized carbons (Fsp3) is 0. The van der Waals surface area contributed by atoms with E-state index in [-0.39, 0.29) is 0 Å². The minimum Gasteiger partial charge on any atom is -0.203 e. The SMILES string of the molecule is FC(F)=C(F)c1c(F)c(F)c(-c2c(F)c(F)c(C(F)=C(F)F)c(F)c2F)c(F)c1F. The normalized spacial score (nSPS) is 11.0. The molecule has 2 aromatic rings. The first-order valence-electron chi connectivity index (χ1n) is 6.90. The van der Waals surface area contributed by atoms with Gasteiger partial charge in [-0.2, -0.15) is 17.6 Å². The molecule has 14 heteroatoms. The van der Waals surface area contributed by atoms with Gasteiger partial charge in [0.2, 0.25) is 11.7 Å². The summed E-state index contributed by atoms with van der Waals surface area (Å²) in [7, 11) is 0. The third kappa shape index (κ3) is 3.39. The highest BCUT2D eigenvalue weighted by molar-refractivity contribution is 5.74. The van der Waals surface area contributed by atoms with Crippen LogP contribution in [0.15, 0.2) is 12.2 Å². The van der Waals surface area contributed by atoms with Crippen LogP contribution in [0.2, 0.25) is 0 Å². The van der Waals surface area contributed by atoms with Crippen molar-refractivity contribution in [3.05, 3.63) is 69.8 Å². The van der Waals surface area contributed by atoms with Gasteiger partial charge in [0.1, 0.15) is 0 Å². The maximum atomic E-state index is 14.0. The summed E-state index contributed by atoms with van der Waals surface area (Å²) >= 11 is 0. The van der Waals surface area contributed by atoms with Crippen LogP contribution in [0.4, 0.5) is 61.5 Å². The Morgan fingerprint density at radius 3 is 0.700 bits per heavy atom. The third-order valence-electron chi connectivity index (χ3n) is 3.55. The van der Waals surface area contributed by atoms with Crippen LogP contribution in [0.25, 0.3) is 22.8 Å². The smallest absolute Gasteiger partial charge is 0.203 e. The lowest BCUT2D eigenvalue weighted by atomic mass is 9.97. The highest BCUT2D eigenvalue weighted by Crippen LogP contribution is 2.41. The molecule has 0 aliphatic rings. The molecule has 0 heterocycles. The Hall–Kier alpha value is -3.06. The summed E-state index contributed by atoms with van der Waals surface area (Å²) in [5.74, 6) is -30.1. The van der Waals surface area contributed by atoms with Gasteiger partial charge in [-0.25, -0.2) is 43.9 Å². The summed E-state index contributed by atoms with van der Waals surface area (Å²) in [6.07, 6.45) is -6.93. The molecule has 0 aromatic heterocycles. The molecule has 2 aromatic carbocycles. The Bertz CT molecular complexity index is 972. The Kier molecular flexibility index (Phi) is 6.18. The van der Waals surface area contributed by atoms with Gasteiger partial charge in [-0.15, -0.1) is 0 Å². The summed E-state index contributed by atoms with van der Waals surface area (Å²) in [4.78, 5) is 0. The van der Waals surface area contributed by atoms with Gasteiger partial charge in [0.15, 0.2) is 46.5 Å². The summed E-state index contributed by atoms with van der Waals surface area (Å²) in [6, 6.07) is 0. The van der Waals surface area contributed by atoms with Crippen molar-refractivity contribution in [2.75, 3.05) is 0 Å². The van der Waals surface area contributed by atoms with E-state index in [1.807, 2.05) is 0 Å². The van der Waals surface area contributed by atoms with Crippen molar-refractivity contribution in [3.63, 3.8) is 0 Å². The molecule has 0 saturated heterocycles. The highest BCUT2D eigenvalue weighted by Gasteiger charge is 2.37. The zero-order valence-corrected chi connectivity index (χ0v) is 13.3. The van der Waals surface area contributed by atoms with E-state index in [0.29, 0.717) is 0 Å². The van der Waals surface area contributed by atoms with E-state index in [0.717, 1.165) is 0 Å². The Morgan fingerprint density at radius 1 is 0.333 bits per heavy atom. The molecule has 0 bridgehead atoms. The van der Waals surface area contributed by atoms with Crippen LogP contribution < -0.4 is 0 Å². The van der Waals surface area contributed by atoms with Crippen molar-refractivity contribution in [3.8, 4) is 11.1 Å². The molecule has 162 valence electrons. The van der Waals surface area contributed by atoms with Crippen LogP contribution in [0.5, 0.6) is 0 Å². The second-order valence-electron chi connectivity index (χ2n) is 5.16. The van der Waals surface area contributed by atoms with Crippen molar-refractivity contribution in [1.29, 1.82) is 0 Å². The lowest BCUT2D eigenvalue weighted by Gasteiger charge is -2.14. The zero-order chi connectivity index (χ0) is 23.2. The van der Waals surface area contributed by atoms with Gasteiger partial charge in [0.25, 0.3) is 0 Å². The lowest BCUT2D eigenvalue weighted by Crippen LogP contribution is -2.11. The van der Waals surface area contributed by atoms with E-state index < -0.39 is 92.6 Å². The summed E-state index contributed by atoms with van der Waals surface area (Å²) in [5.41, 5.74) is -10.5. The summed E-state index contributed by atoms with van der Waals surface area (Å²) < 4.78 is 186. The molecule has 0 aliphatic heterocycles. The molecular formula is C16F14. The number of rotatable bonds is 3. The van der Waals surface area contributed by atoms with E-state index in [4.69, 9.17) is 0 Å². The molecule has 2 rings (SSSR count).